The van der Waals surface area contributed by atoms with Gasteiger partial charge in [0.05, 0.1) is 26.2 Å². The van der Waals surface area contributed by atoms with Crippen LogP contribution in [0.15, 0.2) is 0 Å². The molecule has 13 heteroatoms. The van der Waals surface area contributed by atoms with Crippen molar-refractivity contribution in [2.24, 2.45) is 0 Å². The monoisotopic (exact) mass is 551 g/mol. The van der Waals surface area contributed by atoms with E-state index >= 15 is 0 Å². The predicted molar refractivity (Wildman–Crippen MR) is 118 cm³/mol. The second-order valence-corrected chi connectivity index (χ2v) is 6.19. The highest BCUT2D eigenvalue weighted by molar-refractivity contribution is 14.2. The lowest BCUT2D eigenvalue weighted by Gasteiger charge is -2.27. The van der Waals surface area contributed by atoms with E-state index in [1.165, 1.54) is 4.90 Å². The van der Waals surface area contributed by atoms with Crippen LogP contribution in [0.1, 0.15) is 19.8 Å². The molecule has 0 fully saturated rings. The first-order valence-corrected chi connectivity index (χ1v) is 12.1. The Kier molecular flexibility index (Phi) is 19.5. The van der Waals surface area contributed by atoms with Crippen LogP contribution in [0.5, 0.6) is 0 Å². The lowest BCUT2D eigenvalue weighted by atomic mass is 10.3. The Bertz CT molecular complexity index is 497. The maximum Gasteiger partial charge on any atom is 0.317 e. The third kappa shape index (κ3) is 19.9. The van der Waals surface area contributed by atoms with Crippen LogP contribution >= 0.6 is 31.0 Å². The standard InChI is InChI=1S/C16H29N3O8.HIS/c1-2-3-4-17(9-13(20)21)5-6-18(10-14(22)23)7-8-19(11-15(24)25)12-16(26)27;1-2/h2-12H2,1H3,(H,20,21)(H,22,23)(H,24,25)(H,26,27);2H. The molecule has 0 rings (SSSR count). The van der Waals surface area contributed by atoms with Crippen molar-refractivity contribution in [1.29, 1.82) is 0 Å². The fraction of sp³-hybridized carbons (Fsp3) is 0.750. The quantitative estimate of drug-likeness (QED) is 0.125. The van der Waals surface area contributed by atoms with Crippen molar-refractivity contribution in [3.05, 3.63) is 0 Å². The summed E-state index contributed by atoms with van der Waals surface area (Å²) in [6.07, 6.45) is 1.71. The third-order valence-corrected chi connectivity index (χ3v) is 3.73. The number of rotatable bonds is 17. The Labute approximate surface area is 187 Å². The van der Waals surface area contributed by atoms with Crippen molar-refractivity contribution in [3.63, 3.8) is 0 Å². The van der Waals surface area contributed by atoms with Gasteiger partial charge in [0.15, 0.2) is 0 Å². The number of aliphatic carboxylic acids is 4. The molecule has 0 aromatic carbocycles. The number of thiol groups is 1. The lowest BCUT2D eigenvalue weighted by Crippen LogP contribution is -2.44. The minimum Gasteiger partial charge on any atom is -0.480 e. The first-order chi connectivity index (χ1) is 13.6. The topological polar surface area (TPSA) is 159 Å². The second-order valence-electron chi connectivity index (χ2n) is 6.19. The smallest absolute Gasteiger partial charge is 0.317 e. The highest BCUT2D eigenvalue weighted by Crippen LogP contribution is 1.99. The van der Waals surface area contributed by atoms with Crippen molar-refractivity contribution in [3.8, 4) is 0 Å². The van der Waals surface area contributed by atoms with Crippen molar-refractivity contribution < 1.29 is 39.6 Å². The highest BCUT2D eigenvalue weighted by Gasteiger charge is 2.18. The molecule has 0 aromatic heterocycles. The van der Waals surface area contributed by atoms with E-state index in [0.29, 0.717) is 13.1 Å². The molecule has 0 heterocycles. The predicted octanol–water partition coefficient (Wildman–Crippen LogP) is 0.297. The largest absolute Gasteiger partial charge is 0.480 e. The van der Waals surface area contributed by atoms with Crippen LogP contribution in [0.2, 0.25) is 0 Å². The first kappa shape index (κ1) is 30.0. The minimum atomic E-state index is -1.17. The van der Waals surface area contributed by atoms with Crippen molar-refractivity contribution in [1.82, 2.24) is 14.7 Å². The Balaban J connectivity index is 0. The normalized spacial score (nSPS) is 10.7. The molecular formula is C16H30IN3O8S. The Morgan fingerprint density at radius 2 is 0.897 bits per heavy atom. The van der Waals surface area contributed by atoms with Gasteiger partial charge in [-0.05, 0) is 34.2 Å². The molecule has 0 aliphatic carbocycles. The zero-order chi connectivity index (χ0) is 22.8. The molecular weight excluding hydrogens is 521 g/mol. The van der Waals surface area contributed by atoms with Gasteiger partial charge in [0, 0.05) is 26.2 Å². The van der Waals surface area contributed by atoms with Crippen LogP contribution in [0.25, 0.3) is 0 Å². The maximum atomic E-state index is 11.1. The van der Waals surface area contributed by atoms with E-state index < -0.39 is 37.0 Å². The summed E-state index contributed by atoms with van der Waals surface area (Å²) < 4.78 is 0. The summed E-state index contributed by atoms with van der Waals surface area (Å²) in [4.78, 5) is 48.1. The molecule has 0 aliphatic heterocycles. The average molecular weight is 551 g/mol. The molecule has 0 saturated heterocycles. The minimum absolute atomic E-state index is 0.0692. The molecule has 0 spiro atoms. The van der Waals surface area contributed by atoms with Gasteiger partial charge < -0.3 is 20.4 Å². The Morgan fingerprint density at radius 3 is 1.21 bits per heavy atom. The van der Waals surface area contributed by atoms with E-state index in [9.17, 15) is 19.2 Å². The third-order valence-electron chi connectivity index (χ3n) is 3.73. The molecule has 0 radical (unpaired) electrons. The number of halogens is 1. The average Bonchev–Trinajstić information content (AvgIpc) is 2.61. The van der Waals surface area contributed by atoms with Gasteiger partial charge in [0.25, 0.3) is 0 Å². The summed E-state index contributed by atoms with van der Waals surface area (Å²) >= 11 is 1.84. The van der Waals surface area contributed by atoms with Gasteiger partial charge >= 0.3 is 23.9 Å². The van der Waals surface area contributed by atoms with Crippen molar-refractivity contribution in [2.45, 2.75) is 19.8 Å². The van der Waals surface area contributed by atoms with E-state index in [1.807, 2.05) is 28.1 Å². The molecule has 0 atom stereocenters. The van der Waals surface area contributed by atoms with Crippen LogP contribution in [-0.4, -0.2) is 118 Å². The van der Waals surface area contributed by atoms with Gasteiger partial charge in [0.2, 0.25) is 0 Å². The SMILES string of the molecule is CCCCN(CCN(CCN(CC(=O)O)CC(=O)O)CC(=O)O)CC(=O)O.SI. The Hall–Kier alpha value is -1.16. The summed E-state index contributed by atoms with van der Waals surface area (Å²) in [5.74, 6) is -4.39. The number of hydrogen-bond acceptors (Lipinski definition) is 8. The van der Waals surface area contributed by atoms with Gasteiger partial charge in [-0.15, -0.1) is 9.80 Å². The first-order valence-electron chi connectivity index (χ1n) is 8.85. The summed E-state index contributed by atoms with van der Waals surface area (Å²) in [5, 5.41) is 35.7. The second kappa shape index (κ2) is 18.8. The van der Waals surface area contributed by atoms with Gasteiger partial charge in [0.1, 0.15) is 0 Å². The maximum absolute atomic E-state index is 11.1. The van der Waals surface area contributed by atoms with E-state index in [-0.39, 0.29) is 32.7 Å². The molecule has 0 amide bonds. The number of carboxylic acid groups (broad SMARTS) is 4. The van der Waals surface area contributed by atoms with E-state index in [2.05, 4.69) is 9.80 Å². The number of carboxylic acids is 4. The van der Waals surface area contributed by atoms with Crippen LogP contribution in [0.3, 0.4) is 0 Å². The number of carbonyl (C=O) groups is 4. The summed E-state index contributed by atoms with van der Waals surface area (Å²) in [6, 6.07) is 0. The van der Waals surface area contributed by atoms with E-state index in [0.717, 1.165) is 12.8 Å². The fourth-order valence-corrected chi connectivity index (χ4v) is 2.47. The van der Waals surface area contributed by atoms with Crippen LogP contribution < -0.4 is 0 Å². The van der Waals surface area contributed by atoms with Gasteiger partial charge in [-0.3, -0.25) is 33.9 Å². The van der Waals surface area contributed by atoms with Gasteiger partial charge in [-0.2, -0.15) is 0 Å². The fourth-order valence-electron chi connectivity index (χ4n) is 2.47. The zero-order valence-corrected chi connectivity index (χ0v) is 19.4. The summed E-state index contributed by atoms with van der Waals surface area (Å²) in [5.41, 5.74) is 0. The molecule has 29 heavy (non-hydrogen) atoms. The zero-order valence-electron chi connectivity index (χ0n) is 16.4. The molecule has 0 bridgehead atoms. The van der Waals surface area contributed by atoms with E-state index in [1.54, 1.807) is 9.80 Å². The van der Waals surface area contributed by atoms with Crippen LogP contribution in [0, 0.1) is 0 Å². The molecule has 0 unspecified atom stereocenters. The molecule has 4 N–H and O–H groups in total. The van der Waals surface area contributed by atoms with Crippen LogP contribution in [-0.2, 0) is 19.2 Å². The van der Waals surface area contributed by atoms with Crippen LogP contribution in [0.4, 0.5) is 0 Å². The van der Waals surface area contributed by atoms with Gasteiger partial charge in [-0.25, -0.2) is 0 Å². The van der Waals surface area contributed by atoms with Crippen molar-refractivity contribution >= 4 is 54.9 Å². The van der Waals surface area contributed by atoms with Crippen molar-refractivity contribution in [2.75, 3.05) is 58.9 Å². The lowest BCUT2D eigenvalue weighted by molar-refractivity contribution is -0.143. The number of nitrogens with zero attached hydrogens (tertiary/aromatic N) is 3. The summed E-state index contributed by atoms with van der Waals surface area (Å²) in [6.45, 7) is 2.02. The molecule has 0 aliphatic rings. The Morgan fingerprint density at radius 1 is 0.621 bits per heavy atom. The number of hydrogen-bond donors (Lipinski definition) is 5. The molecule has 0 aromatic rings. The molecule has 170 valence electrons. The highest BCUT2D eigenvalue weighted by atomic mass is 127. The number of unbranched alkanes of at least 4 members (excludes halogenated alkanes) is 1. The molecule has 0 saturated carbocycles. The van der Waals surface area contributed by atoms with E-state index in [4.69, 9.17) is 20.4 Å². The molecule has 11 nitrogen and oxygen atoms in total. The summed E-state index contributed by atoms with van der Waals surface area (Å²) in [7, 11) is 3.50. The van der Waals surface area contributed by atoms with Gasteiger partial charge in [-0.1, -0.05) is 13.3 Å².